The smallest absolute Gasteiger partial charge is 0.276 e. The molecule has 96 valence electrons. The predicted molar refractivity (Wildman–Crippen MR) is 65.1 cm³/mol. The van der Waals surface area contributed by atoms with E-state index in [0.717, 1.165) is 0 Å². The van der Waals surface area contributed by atoms with Crippen molar-refractivity contribution in [3.8, 4) is 0 Å². The van der Waals surface area contributed by atoms with Gasteiger partial charge in [0.15, 0.2) is 11.5 Å². The summed E-state index contributed by atoms with van der Waals surface area (Å²) in [5.74, 6) is 0.432. The fourth-order valence-corrected chi connectivity index (χ4v) is 1.64. The molecule has 0 aliphatic heterocycles. The highest BCUT2D eigenvalue weighted by atomic mass is 35.5. The van der Waals surface area contributed by atoms with Gasteiger partial charge in [-0.3, -0.25) is 9.89 Å². The number of carbonyl (C=O) groups is 1. The van der Waals surface area contributed by atoms with E-state index >= 15 is 0 Å². The summed E-state index contributed by atoms with van der Waals surface area (Å²) in [6.45, 7) is 2.10. The van der Waals surface area contributed by atoms with Gasteiger partial charge in [-0.1, -0.05) is 11.6 Å². The lowest BCUT2D eigenvalue weighted by molar-refractivity contribution is 0.0774. The second kappa shape index (κ2) is 4.77. The summed E-state index contributed by atoms with van der Waals surface area (Å²) in [5, 5.41) is 14.6. The summed E-state index contributed by atoms with van der Waals surface area (Å²) in [4.78, 5) is 13.6. The van der Waals surface area contributed by atoms with Gasteiger partial charge in [0.25, 0.3) is 5.91 Å². The summed E-state index contributed by atoms with van der Waals surface area (Å²) < 4.78 is 1.75. The van der Waals surface area contributed by atoms with Gasteiger partial charge in [0.05, 0.1) is 17.3 Å². The van der Waals surface area contributed by atoms with Crippen LogP contribution in [0.4, 0.5) is 0 Å². The van der Waals surface area contributed by atoms with Crippen LogP contribution in [0.3, 0.4) is 0 Å². The van der Waals surface area contributed by atoms with E-state index in [1.54, 1.807) is 24.9 Å². The van der Waals surface area contributed by atoms with Gasteiger partial charge in [0.1, 0.15) is 6.33 Å². The Bertz CT molecular complexity index is 575. The first-order valence-electron chi connectivity index (χ1n) is 5.29. The van der Waals surface area contributed by atoms with Crippen molar-refractivity contribution in [2.24, 2.45) is 7.05 Å². The minimum atomic E-state index is -0.257. The molecule has 7 nitrogen and oxygen atoms in total. The highest BCUT2D eigenvalue weighted by molar-refractivity contribution is 6.34. The second-order valence-electron chi connectivity index (χ2n) is 4.03. The highest BCUT2D eigenvalue weighted by Crippen LogP contribution is 2.18. The quantitative estimate of drug-likeness (QED) is 0.892. The van der Waals surface area contributed by atoms with E-state index < -0.39 is 0 Å². The average molecular weight is 269 g/mol. The number of aromatic amines is 1. The number of amides is 1. The number of aryl methyl sites for hydroxylation is 2. The average Bonchev–Trinajstić information content (AvgIpc) is 2.87. The molecule has 0 saturated carbocycles. The van der Waals surface area contributed by atoms with Crippen molar-refractivity contribution in [1.29, 1.82) is 0 Å². The Labute approximate surface area is 109 Å². The van der Waals surface area contributed by atoms with E-state index in [2.05, 4.69) is 20.4 Å². The Morgan fingerprint density at radius 3 is 2.83 bits per heavy atom. The van der Waals surface area contributed by atoms with Crippen molar-refractivity contribution in [2.75, 3.05) is 7.05 Å². The van der Waals surface area contributed by atoms with E-state index in [1.165, 1.54) is 4.90 Å². The number of carbonyl (C=O) groups excluding carboxylic acids is 1. The summed E-state index contributed by atoms with van der Waals surface area (Å²) in [7, 11) is 3.48. The molecule has 1 amide bonds. The van der Waals surface area contributed by atoms with Crippen LogP contribution in [0.2, 0.25) is 5.02 Å². The zero-order valence-electron chi connectivity index (χ0n) is 10.3. The van der Waals surface area contributed by atoms with Crippen LogP contribution in [0, 0.1) is 6.92 Å². The van der Waals surface area contributed by atoms with Gasteiger partial charge in [-0.15, -0.1) is 10.2 Å². The number of nitrogens with one attached hydrogen (secondary N) is 1. The Balaban J connectivity index is 2.15. The maximum atomic E-state index is 12.1. The van der Waals surface area contributed by atoms with Gasteiger partial charge in [-0.2, -0.15) is 5.10 Å². The lowest BCUT2D eigenvalue weighted by atomic mass is 10.3. The minimum absolute atomic E-state index is 0.221. The molecule has 0 bridgehead atoms. The molecule has 2 aromatic heterocycles. The van der Waals surface area contributed by atoms with Crippen molar-refractivity contribution in [2.45, 2.75) is 13.5 Å². The second-order valence-corrected chi connectivity index (χ2v) is 4.41. The van der Waals surface area contributed by atoms with E-state index in [9.17, 15) is 4.79 Å². The lowest BCUT2D eigenvalue weighted by Crippen LogP contribution is -2.28. The number of hydrogen-bond donors (Lipinski definition) is 1. The van der Waals surface area contributed by atoms with Crippen LogP contribution in [-0.4, -0.2) is 42.8 Å². The Kier molecular flexibility index (Phi) is 3.33. The highest BCUT2D eigenvalue weighted by Gasteiger charge is 2.20. The summed E-state index contributed by atoms with van der Waals surface area (Å²) in [6.07, 6.45) is 1.58. The van der Waals surface area contributed by atoms with Crippen molar-refractivity contribution in [3.05, 3.63) is 28.6 Å². The number of halogens is 1. The first kappa shape index (κ1) is 12.6. The molecule has 0 fully saturated rings. The molecule has 0 aliphatic carbocycles. The topological polar surface area (TPSA) is 79.7 Å². The molecule has 0 atom stereocenters. The third-order valence-electron chi connectivity index (χ3n) is 2.61. The number of rotatable bonds is 3. The first-order valence-corrected chi connectivity index (χ1v) is 5.67. The van der Waals surface area contributed by atoms with E-state index in [1.807, 2.05) is 7.05 Å². The van der Waals surface area contributed by atoms with Gasteiger partial charge >= 0.3 is 0 Å². The number of H-pyrrole nitrogens is 1. The Morgan fingerprint density at radius 1 is 1.61 bits per heavy atom. The van der Waals surface area contributed by atoms with Gasteiger partial charge < -0.3 is 9.47 Å². The third kappa shape index (κ3) is 2.21. The molecule has 0 radical (unpaired) electrons. The summed E-state index contributed by atoms with van der Waals surface area (Å²) in [6, 6.07) is 0. The molecular formula is C10H13ClN6O. The van der Waals surface area contributed by atoms with Crippen molar-refractivity contribution >= 4 is 17.5 Å². The van der Waals surface area contributed by atoms with Crippen LogP contribution < -0.4 is 0 Å². The molecule has 0 saturated heterocycles. The summed E-state index contributed by atoms with van der Waals surface area (Å²) >= 11 is 5.99. The number of nitrogens with zero attached hydrogens (tertiary/aromatic N) is 5. The standard InChI is InChI=1S/C10H13ClN6O/c1-6-8(11)9(15-13-6)10(18)16(2)4-7-14-12-5-17(7)3/h5H,4H2,1-3H3,(H,13,15). The third-order valence-corrected chi connectivity index (χ3v) is 3.07. The van der Waals surface area contributed by atoms with Gasteiger partial charge in [-0.05, 0) is 6.92 Å². The van der Waals surface area contributed by atoms with E-state index in [-0.39, 0.29) is 11.6 Å². The largest absolute Gasteiger partial charge is 0.333 e. The molecule has 2 aromatic rings. The van der Waals surface area contributed by atoms with Gasteiger partial charge in [0.2, 0.25) is 0 Å². The zero-order chi connectivity index (χ0) is 13.3. The molecule has 2 heterocycles. The number of aromatic nitrogens is 5. The van der Waals surface area contributed by atoms with Crippen molar-refractivity contribution in [1.82, 2.24) is 29.9 Å². The van der Waals surface area contributed by atoms with Crippen molar-refractivity contribution in [3.63, 3.8) is 0 Å². The maximum absolute atomic E-state index is 12.1. The van der Waals surface area contributed by atoms with Crippen LogP contribution in [0.15, 0.2) is 6.33 Å². The van der Waals surface area contributed by atoms with Crippen LogP contribution >= 0.6 is 11.6 Å². The van der Waals surface area contributed by atoms with Crippen LogP contribution in [0.5, 0.6) is 0 Å². The van der Waals surface area contributed by atoms with Crippen LogP contribution in [0.1, 0.15) is 22.0 Å². The maximum Gasteiger partial charge on any atom is 0.276 e. The molecule has 18 heavy (non-hydrogen) atoms. The predicted octanol–water partition coefficient (Wildman–Crippen LogP) is 0.772. The molecule has 0 spiro atoms. The fourth-order valence-electron chi connectivity index (χ4n) is 1.47. The van der Waals surface area contributed by atoms with E-state index in [0.29, 0.717) is 23.1 Å². The molecule has 2 rings (SSSR count). The van der Waals surface area contributed by atoms with Gasteiger partial charge in [0, 0.05) is 14.1 Å². The van der Waals surface area contributed by atoms with Crippen LogP contribution in [-0.2, 0) is 13.6 Å². The molecule has 0 unspecified atom stereocenters. The lowest BCUT2D eigenvalue weighted by Gasteiger charge is -2.15. The summed E-state index contributed by atoms with van der Waals surface area (Å²) in [5.41, 5.74) is 0.894. The first-order chi connectivity index (χ1) is 8.50. The van der Waals surface area contributed by atoms with Crippen molar-refractivity contribution < 1.29 is 4.79 Å². The molecule has 1 N–H and O–H groups in total. The Morgan fingerprint density at radius 2 is 2.33 bits per heavy atom. The van der Waals surface area contributed by atoms with Crippen LogP contribution in [0.25, 0.3) is 0 Å². The van der Waals surface area contributed by atoms with E-state index in [4.69, 9.17) is 11.6 Å². The minimum Gasteiger partial charge on any atom is -0.333 e. The fraction of sp³-hybridized carbons (Fsp3) is 0.400. The normalized spacial score (nSPS) is 10.7. The van der Waals surface area contributed by atoms with Gasteiger partial charge in [-0.25, -0.2) is 0 Å². The molecule has 0 aliphatic rings. The molecule has 8 heteroatoms. The number of hydrogen-bond acceptors (Lipinski definition) is 4. The monoisotopic (exact) mass is 268 g/mol. The molecular weight excluding hydrogens is 256 g/mol. The SMILES string of the molecule is Cc1[nH]nc(C(=O)N(C)Cc2nncn2C)c1Cl. The Hall–Kier alpha value is -1.89. The molecule has 0 aromatic carbocycles. The zero-order valence-corrected chi connectivity index (χ0v) is 11.1.